The van der Waals surface area contributed by atoms with Gasteiger partial charge in [0.05, 0.1) is 13.7 Å². The van der Waals surface area contributed by atoms with E-state index in [9.17, 15) is 18.0 Å². The number of halogens is 3. The predicted molar refractivity (Wildman–Crippen MR) is 68.5 cm³/mol. The zero-order valence-electron chi connectivity index (χ0n) is 11.3. The van der Waals surface area contributed by atoms with Crippen LogP contribution >= 0.6 is 0 Å². The summed E-state index contributed by atoms with van der Waals surface area (Å²) >= 11 is 0. The first-order chi connectivity index (χ1) is 9.33. The van der Waals surface area contributed by atoms with Crippen LogP contribution in [0, 0.1) is 0 Å². The van der Waals surface area contributed by atoms with Crippen molar-refractivity contribution in [3.8, 4) is 5.75 Å². The SMILES string of the molecule is COc1ccccc1[C@@H](C)NCC(=O)NCC(F)(F)F. The lowest BCUT2D eigenvalue weighted by atomic mass is 10.1. The van der Waals surface area contributed by atoms with Gasteiger partial charge in [0.25, 0.3) is 0 Å². The largest absolute Gasteiger partial charge is 0.496 e. The van der Waals surface area contributed by atoms with Crippen molar-refractivity contribution in [3.63, 3.8) is 0 Å². The number of nitrogens with one attached hydrogen (secondary N) is 2. The average molecular weight is 290 g/mol. The van der Waals surface area contributed by atoms with E-state index >= 15 is 0 Å². The second-order valence-corrected chi connectivity index (χ2v) is 4.24. The summed E-state index contributed by atoms with van der Waals surface area (Å²) in [4.78, 5) is 11.3. The van der Waals surface area contributed by atoms with E-state index in [2.05, 4.69) is 5.32 Å². The molecule has 1 amide bonds. The van der Waals surface area contributed by atoms with Gasteiger partial charge in [-0.3, -0.25) is 4.79 Å². The molecule has 20 heavy (non-hydrogen) atoms. The van der Waals surface area contributed by atoms with Crippen LogP contribution in [-0.2, 0) is 4.79 Å². The Morgan fingerprint density at radius 2 is 2.00 bits per heavy atom. The van der Waals surface area contributed by atoms with Crippen LogP contribution in [-0.4, -0.2) is 32.3 Å². The zero-order valence-corrected chi connectivity index (χ0v) is 11.3. The minimum absolute atomic E-state index is 0.199. The van der Waals surface area contributed by atoms with E-state index in [1.54, 1.807) is 18.3 Å². The van der Waals surface area contributed by atoms with Crippen molar-refractivity contribution in [2.24, 2.45) is 0 Å². The van der Waals surface area contributed by atoms with Gasteiger partial charge >= 0.3 is 6.18 Å². The van der Waals surface area contributed by atoms with Crippen LogP contribution in [0.25, 0.3) is 0 Å². The Labute approximate surface area is 115 Å². The van der Waals surface area contributed by atoms with Crippen LogP contribution in [0.1, 0.15) is 18.5 Å². The van der Waals surface area contributed by atoms with E-state index in [-0.39, 0.29) is 12.6 Å². The molecule has 0 aromatic heterocycles. The first-order valence-electron chi connectivity index (χ1n) is 6.03. The van der Waals surface area contributed by atoms with Crippen molar-refractivity contribution >= 4 is 5.91 Å². The topological polar surface area (TPSA) is 50.4 Å². The lowest BCUT2D eigenvalue weighted by Crippen LogP contribution is -2.39. The Hall–Kier alpha value is -1.76. The lowest BCUT2D eigenvalue weighted by molar-refractivity contribution is -0.137. The van der Waals surface area contributed by atoms with Gasteiger partial charge in [0.2, 0.25) is 5.91 Å². The zero-order chi connectivity index (χ0) is 15.2. The average Bonchev–Trinajstić information content (AvgIpc) is 2.41. The first-order valence-corrected chi connectivity index (χ1v) is 6.03. The van der Waals surface area contributed by atoms with Crippen LogP contribution in [0.4, 0.5) is 13.2 Å². The Morgan fingerprint density at radius 1 is 1.35 bits per heavy atom. The number of carbonyl (C=O) groups excluding carboxylic acids is 1. The highest BCUT2D eigenvalue weighted by atomic mass is 19.4. The van der Waals surface area contributed by atoms with Gasteiger partial charge < -0.3 is 15.4 Å². The molecule has 0 spiro atoms. The van der Waals surface area contributed by atoms with E-state index in [0.29, 0.717) is 5.75 Å². The van der Waals surface area contributed by atoms with Gasteiger partial charge in [-0.15, -0.1) is 0 Å². The van der Waals surface area contributed by atoms with Gasteiger partial charge in [0.1, 0.15) is 12.3 Å². The third kappa shape index (κ3) is 5.48. The number of carbonyl (C=O) groups is 1. The van der Waals surface area contributed by atoms with Gasteiger partial charge in [-0.05, 0) is 13.0 Å². The van der Waals surface area contributed by atoms with Crippen LogP contribution in [0.15, 0.2) is 24.3 Å². The minimum Gasteiger partial charge on any atom is -0.496 e. The number of alkyl halides is 3. The molecule has 1 rings (SSSR count). The fourth-order valence-electron chi connectivity index (χ4n) is 1.64. The molecule has 0 aliphatic heterocycles. The smallest absolute Gasteiger partial charge is 0.405 e. The van der Waals surface area contributed by atoms with Gasteiger partial charge in [0.15, 0.2) is 0 Å². The number of rotatable bonds is 6. The van der Waals surface area contributed by atoms with Gasteiger partial charge in [-0.25, -0.2) is 0 Å². The second kappa shape index (κ2) is 7.14. The fraction of sp³-hybridized carbons (Fsp3) is 0.462. The Balaban J connectivity index is 2.47. The molecule has 0 unspecified atom stereocenters. The molecule has 0 saturated carbocycles. The molecule has 1 aromatic rings. The summed E-state index contributed by atoms with van der Waals surface area (Å²) in [5.41, 5.74) is 0.832. The molecular formula is C13H17F3N2O2. The van der Waals surface area contributed by atoms with Crippen molar-refractivity contribution in [2.45, 2.75) is 19.1 Å². The highest BCUT2D eigenvalue weighted by molar-refractivity contribution is 5.78. The summed E-state index contributed by atoms with van der Waals surface area (Å²) < 4.78 is 41.0. The van der Waals surface area contributed by atoms with Crippen molar-refractivity contribution in [2.75, 3.05) is 20.2 Å². The third-order valence-corrected chi connectivity index (χ3v) is 2.66. The molecule has 0 heterocycles. The molecule has 0 saturated heterocycles. The van der Waals surface area contributed by atoms with Crippen molar-refractivity contribution in [1.29, 1.82) is 0 Å². The van der Waals surface area contributed by atoms with Crippen LogP contribution in [0.3, 0.4) is 0 Å². The van der Waals surface area contributed by atoms with Gasteiger partial charge in [-0.2, -0.15) is 13.2 Å². The predicted octanol–water partition coefficient (Wildman–Crippen LogP) is 2.02. The molecule has 0 fully saturated rings. The molecule has 1 atom stereocenters. The minimum atomic E-state index is -4.40. The Morgan fingerprint density at radius 3 is 2.60 bits per heavy atom. The fourth-order valence-corrected chi connectivity index (χ4v) is 1.64. The molecule has 0 aliphatic rings. The Kier molecular flexibility index (Phi) is 5.82. The molecule has 0 aliphatic carbocycles. The number of para-hydroxylation sites is 1. The monoisotopic (exact) mass is 290 g/mol. The maximum Gasteiger partial charge on any atom is 0.405 e. The van der Waals surface area contributed by atoms with Crippen molar-refractivity contribution < 1.29 is 22.7 Å². The summed E-state index contributed by atoms with van der Waals surface area (Å²) in [6.07, 6.45) is -4.40. The molecular weight excluding hydrogens is 273 g/mol. The maximum atomic E-state index is 11.9. The number of hydrogen-bond donors (Lipinski definition) is 2. The highest BCUT2D eigenvalue weighted by Crippen LogP contribution is 2.23. The molecule has 112 valence electrons. The first kappa shape index (κ1) is 16.3. The Bertz CT molecular complexity index is 449. The summed E-state index contributed by atoms with van der Waals surface area (Å²) in [5.74, 6) is -0.0488. The number of benzene rings is 1. The van der Waals surface area contributed by atoms with E-state index in [4.69, 9.17) is 4.74 Å². The van der Waals surface area contributed by atoms with Crippen molar-refractivity contribution in [3.05, 3.63) is 29.8 Å². The molecule has 4 nitrogen and oxygen atoms in total. The van der Waals surface area contributed by atoms with Crippen LogP contribution < -0.4 is 15.4 Å². The van der Waals surface area contributed by atoms with E-state index < -0.39 is 18.6 Å². The normalized spacial score (nSPS) is 12.8. The van der Waals surface area contributed by atoms with E-state index in [1.165, 1.54) is 7.11 Å². The summed E-state index contributed by atoms with van der Waals surface area (Å²) in [6.45, 7) is 0.279. The molecule has 7 heteroatoms. The molecule has 2 N–H and O–H groups in total. The standard InChI is InChI=1S/C13H17F3N2O2/c1-9(10-5-3-4-6-11(10)20-2)17-7-12(19)18-8-13(14,15)16/h3-6,9,17H,7-8H2,1-2H3,(H,18,19)/t9-/m1/s1. The lowest BCUT2D eigenvalue weighted by Gasteiger charge is -2.17. The summed E-state index contributed by atoms with van der Waals surface area (Å²) in [6, 6.07) is 7.01. The molecule has 0 radical (unpaired) electrons. The maximum absolute atomic E-state index is 11.9. The van der Waals surface area contributed by atoms with Gasteiger partial charge in [-0.1, -0.05) is 18.2 Å². The van der Waals surface area contributed by atoms with Crippen LogP contribution in [0.2, 0.25) is 0 Å². The van der Waals surface area contributed by atoms with Crippen LogP contribution in [0.5, 0.6) is 5.75 Å². The van der Waals surface area contributed by atoms with E-state index in [0.717, 1.165) is 5.56 Å². The number of methoxy groups -OCH3 is 1. The van der Waals surface area contributed by atoms with Gasteiger partial charge in [0, 0.05) is 11.6 Å². The second-order valence-electron chi connectivity index (χ2n) is 4.24. The quantitative estimate of drug-likeness (QED) is 0.843. The van der Waals surface area contributed by atoms with Crippen molar-refractivity contribution in [1.82, 2.24) is 10.6 Å². The third-order valence-electron chi connectivity index (χ3n) is 2.66. The van der Waals surface area contributed by atoms with E-state index in [1.807, 2.05) is 18.2 Å². The summed E-state index contributed by atoms with van der Waals surface area (Å²) in [5, 5.41) is 4.65. The molecule has 0 bridgehead atoms. The number of amides is 1. The summed E-state index contributed by atoms with van der Waals surface area (Å²) in [7, 11) is 1.53. The number of hydrogen-bond acceptors (Lipinski definition) is 3. The molecule has 1 aromatic carbocycles. The highest BCUT2D eigenvalue weighted by Gasteiger charge is 2.27. The number of ether oxygens (including phenoxy) is 1.